The molecule has 1 fully saturated rings. The quantitative estimate of drug-likeness (QED) is 0.924. The second-order valence-corrected chi connectivity index (χ2v) is 6.05. The van der Waals surface area contributed by atoms with E-state index in [4.69, 9.17) is 28.9 Å². The van der Waals surface area contributed by atoms with Crippen LogP contribution in [-0.2, 0) is 6.54 Å². The van der Waals surface area contributed by atoms with Crippen molar-refractivity contribution in [3.63, 3.8) is 0 Å². The smallest absolute Gasteiger partial charge is 0.0452 e. The third kappa shape index (κ3) is 3.75. The van der Waals surface area contributed by atoms with E-state index in [2.05, 4.69) is 11.8 Å². The van der Waals surface area contributed by atoms with Crippen molar-refractivity contribution in [2.45, 2.75) is 19.9 Å². The molecule has 0 radical (unpaired) electrons. The molecule has 0 aliphatic carbocycles. The van der Waals surface area contributed by atoms with Crippen molar-refractivity contribution in [3.8, 4) is 0 Å². The molecule has 18 heavy (non-hydrogen) atoms. The molecule has 2 nitrogen and oxygen atoms in total. The van der Waals surface area contributed by atoms with Crippen LogP contribution < -0.4 is 5.73 Å². The third-order valence-corrected chi connectivity index (χ3v) is 4.14. The summed E-state index contributed by atoms with van der Waals surface area (Å²) < 4.78 is 0. The van der Waals surface area contributed by atoms with Crippen molar-refractivity contribution in [2.75, 3.05) is 19.6 Å². The van der Waals surface area contributed by atoms with Gasteiger partial charge >= 0.3 is 0 Å². The van der Waals surface area contributed by atoms with Gasteiger partial charge in [0.05, 0.1) is 0 Å². The van der Waals surface area contributed by atoms with E-state index < -0.39 is 0 Å². The van der Waals surface area contributed by atoms with E-state index >= 15 is 0 Å². The van der Waals surface area contributed by atoms with Crippen molar-refractivity contribution < 1.29 is 0 Å². The summed E-state index contributed by atoms with van der Waals surface area (Å²) in [6, 6.07) is 5.63. The normalized spacial score (nSPS) is 24.0. The zero-order valence-electron chi connectivity index (χ0n) is 10.5. The maximum atomic E-state index is 6.17. The Bertz CT molecular complexity index is 411. The van der Waals surface area contributed by atoms with Gasteiger partial charge in [-0.15, -0.1) is 12.4 Å². The van der Waals surface area contributed by atoms with Gasteiger partial charge < -0.3 is 5.73 Å². The van der Waals surface area contributed by atoms with Gasteiger partial charge in [-0.2, -0.15) is 0 Å². The van der Waals surface area contributed by atoms with Crippen molar-refractivity contribution in [1.82, 2.24) is 4.90 Å². The second-order valence-electron chi connectivity index (χ2n) is 5.21. The zero-order chi connectivity index (χ0) is 12.5. The van der Waals surface area contributed by atoms with Crippen LogP contribution >= 0.6 is 35.6 Å². The SMILES string of the molecule is CC1(CN)CCN(Cc2cc(Cl)ccc2Cl)C1.Cl. The summed E-state index contributed by atoms with van der Waals surface area (Å²) in [7, 11) is 0. The third-order valence-electron chi connectivity index (χ3n) is 3.53. The molecule has 2 N–H and O–H groups in total. The molecule has 1 aliphatic rings. The van der Waals surface area contributed by atoms with Crippen molar-refractivity contribution in [3.05, 3.63) is 33.8 Å². The van der Waals surface area contributed by atoms with Crippen LogP contribution in [-0.4, -0.2) is 24.5 Å². The van der Waals surface area contributed by atoms with Gasteiger partial charge in [0, 0.05) is 23.1 Å². The lowest BCUT2D eigenvalue weighted by Gasteiger charge is -2.22. The summed E-state index contributed by atoms with van der Waals surface area (Å²) >= 11 is 12.2. The molecule has 1 unspecified atom stereocenters. The molecule has 0 bridgehead atoms. The Morgan fingerprint density at radius 1 is 1.39 bits per heavy atom. The molecular weight excluding hydrogens is 291 g/mol. The van der Waals surface area contributed by atoms with E-state index in [0.717, 1.165) is 48.2 Å². The van der Waals surface area contributed by atoms with E-state index in [9.17, 15) is 0 Å². The Morgan fingerprint density at radius 3 is 2.72 bits per heavy atom. The largest absolute Gasteiger partial charge is 0.330 e. The fourth-order valence-electron chi connectivity index (χ4n) is 2.33. The van der Waals surface area contributed by atoms with Gasteiger partial charge in [0.2, 0.25) is 0 Å². The zero-order valence-corrected chi connectivity index (χ0v) is 12.8. The highest BCUT2D eigenvalue weighted by atomic mass is 35.5. The molecule has 2 rings (SSSR count). The second kappa shape index (κ2) is 6.44. The Balaban J connectivity index is 0.00000162. The summed E-state index contributed by atoms with van der Waals surface area (Å²) in [5, 5.41) is 1.53. The number of hydrogen-bond acceptors (Lipinski definition) is 2. The number of rotatable bonds is 3. The first-order valence-electron chi connectivity index (χ1n) is 5.89. The lowest BCUT2D eigenvalue weighted by atomic mass is 9.90. The standard InChI is InChI=1S/C13H18Cl2N2.ClH/c1-13(8-16)4-5-17(9-13)7-10-6-11(14)2-3-12(10)15;/h2-3,6H,4-5,7-9,16H2,1H3;1H. The highest BCUT2D eigenvalue weighted by Crippen LogP contribution is 2.31. The van der Waals surface area contributed by atoms with Crippen LogP contribution in [0.1, 0.15) is 18.9 Å². The number of hydrogen-bond donors (Lipinski definition) is 1. The maximum absolute atomic E-state index is 6.17. The van der Waals surface area contributed by atoms with Gasteiger partial charge in [0.15, 0.2) is 0 Å². The van der Waals surface area contributed by atoms with E-state index in [1.54, 1.807) is 0 Å². The highest BCUT2D eigenvalue weighted by molar-refractivity contribution is 6.33. The average Bonchev–Trinajstić information content (AvgIpc) is 2.67. The van der Waals surface area contributed by atoms with Crippen LogP contribution in [0.25, 0.3) is 0 Å². The summed E-state index contributed by atoms with van der Waals surface area (Å²) in [6.07, 6.45) is 1.15. The molecule has 5 heteroatoms. The first-order chi connectivity index (χ1) is 8.02. The van der Waals surface area contributed by atoms with Gasteiger partial charge in [0.25, 0.3) is 0 Å². The van der Waals surface area contributed by atoms with Crippen LogP contribution in [0.3, 0.4) is 0 Å². The number of likely N-dealkylation sites (tertiary alicyclic amines) is 1. The van der Waals surface area contributed by atoms with Gasteiger partial charge in [-0.05, 0) is 48.7 Å². The Hall–Kier alpha value is 0.01000. The molecule has 102 valence electrons. The summed E-state index contributed by atoms with van der Waals surface area (Å²) in [5.74, 6) is 0. The molecule has 1 aliphatic heterocycles. The molecule has 0 spiro atoms. The summed E-state index contributed by atoms with van der Waals surface area (Å²) in [6.45, 7) is 5.96. The fourth-order valence-corrected chi connectivity index (χ4v) is 2.70. The van der Waals surface area contributed by atoms with Crippen molar-refractivity contribution in [1.29, 1.82) is 0 Å². The molecule has 1 aromatic rings. The van der Waals surface area contributed by atoms with E-state index in [-0.39, 0.29) is 17.8 Å². The first kappa shape index (κ1) is 16.1. The molecule has 1 aromatic carbocycles. The molecule has 0 saturated carbocycles. The lowest BCUT2D eigenvalue weighted by molar-refractivity contribution is 0.274. The number of benzene rings is 1. The molecule has 1 atom stereocenters. The summed E-state index contributed by atoms with van der Waals surface area (Å²) in [4.78, 5) is 2.39. The first-order valence-corrected chi connectivity index (χ1v) is 6.64. The van der Waals surface area contributed by atoms with Gasteiger partial charge in [-0.1, -0.05) is 30.1 Å². The minimum atomic E-state index is 0. The lowest BCUT2D eigenvalue weighted by Crippen LogP contribution is -2.31. The molecule has 1 heterocycles. The number of nitrogens with zero attached hydrogens (tertiary/aromatic N) is 1. The molecule has 0 amide bonds. The van der Waals surface area contributed by atoms with Gasteiger partial charge in [0.1, 0.15) is 0 Å². The van der Waals surface area contributed by atoms with E-state index in [0.29, 0.717) is 0 Å². The van der Waals surface area contributed by atoms with Crippen LogP contribution in [0.5, 0.6) is 0 Å². The Labute approximate surface area is 125 Å². The van der Waals surface area contributed by atoms with Crippen LogP contribution in [0.2, 0.25) is 10.0 Å². The van der Waals surface area contributed by atoms with E-state index in [1.807, 2.05) is 18.2 Å². The summed E-state index contributed by atoms with van der Waals surface area (Å²) in [5.41, 5.74) is 7.16. The van der Waals surface area contributed by atoms with E-state index in [1.165, 1.54) is 0 Å². The monoisotopic (exact) mass is 308 g/mol. The average molecular weight is 310 g/mol. The van der Waals surface area contributed by atoms with Crippen molar-refractivity contribution in [2.24, 2.45) is 11.1 Å². The Kier molecular flexibility index (Phi) is 5.75. The maximum Gasteiger partial charge on any atom is 0.0452 e. The van der Waals surface area contributed by atoms with Crippen molar-refractivity contribution >= 4 is 35.6 Å². The minimum Gasteiger partial charge on any atom is -0.330 e. The Morgan fingerprint density at radius 2 is 2.11 bits per heavy atom. The number of halogens is 3. The molecule has 1 saturated heterocycles. The topological polar surface area (TPSA) is 29.3 Å². The predicted molar refractivity (Wildman–Crippen MR) is 80.8 cm³/mol. The van der Waals surface area contributed by atoms with Crippen LogP contribution in [0, 0.1) is 5.41 Å². The molecule has 0 aromatic heterocycles. The van der Waals surface area contributed by atoms with Crippen LogP contribution in [0.15, 0.2) is 18.2 Å². The molecular formula is C13H19Cl3N2. The highest BCUT2D eigenvalue weighted by Gasteiger charge is 2.32. The minimum absolute atomic E-state index is 0. The van der Waals surface area contributed by atoms with Gasteiger partial charge in [-0.25, -0.2) is 0 Å². The van der Waals surface area contributed by atoms with Crippen LogP contribution in [0.4, 0.5) is 0 Å². The fraction of sp³-hybridized carbons (Fsp3) is 0.538. The van der Waals surface area contributed by atoms with Gasteiger partial charge in [-0.3, -0.25) is 4.90 Å². The predicted octanol–water partition coefficient (Wildman–Crippen LogP) is 3.59. The number of nitrogens with two attached hydrogens (primary N) is 1.